The topological polar surface area (TPSA) is 150 Å². The van der Waals surface area contributed by atoms with Crippen molar-refractivity contribution in [3.05, 3.63) is 75.9 Å². The highest BCUT2D eigenvalue weighted by Crippen LogP contribution is 2.33. The molecule has 196 valence electrons. The number of hydrogen-bond donors (Lipinski definition) is 0. The molecule has 2 fully saturated rings. The predicted octanol–water partition coefficient (Wildman–Crippen LogP) is 2.11. The number of nitrogens with zero attached hydrogens (tertiary/aromatic N) is 1. The van der Waals surface area contributed by atoms with Gasteiger partial charge >= 0.3 is 17.9 Å². The SMILES string of the molecule is CC(=O)Oc1ccccc1C(=O)O[C@H]1CO[C@@H]2C(OC(=O)C3=CC(C)(CO[N+](=O)[O-])C=CC=C3)CO[C@H]12. The summed E-state index contributed by atoms with van der Waals surface area (Å²) in [7, 11) is 0. The lowest BCUT2D eigenvalue weighted by molar-refractivity contribution is -0.759. The van der Waals surface area contributed by atoms with Crippen molar-refractivity contribution in [1.29, 1.82) is 0 Å². The summed E-state index contributed by atoms with van der Waals surface area (Å²) < 4.78 is 27.8. The fourth-order valence-electron chi connectivity index (χ4n) is 4.21. The lowest BCUT2D eigenvalue weighted by atomic mass is 9.89. The average Bonchev–Trinajstić information content (AvgIpc) is 3.36. The molecule has 0 amide bonds. The van der Waals surface area contributed by atoms with Crippen LogP contribution in [0.25, 0.3) is 0 Å². The van der Waals surface area contributed by atoms with Crippen LogP contribution < -0.4 is 4.74 Å². The molecule has 2 aliphatic heterocycles. The molecule has 1 aromatic carbocycles. The van der Waals surface area contributed by atoms with Crippen LogP contribution in [0.15, 0.2) is 60.2 Å². The first-order valence-corrected chi connectivity index (χ1v) is 11.4. The van der Waals surface area contributed by atoms with Gasteiger partial charge in [-0.25, -0.2) is 9.59 Å². The Kier molecular flexibility index (Phi) is 7.69. The molecule has 37 heavy (non-hydrogen) atoms. The summed E-state index contributed by atoms with van der Waals surface area (Å²) >= 11 is 0. The van der Waals surface area contributed by atoms with E-state index in [0.29, 0.717) is 0 Å². The number of ether oxygens (including phenoxy) is 5. The van der Waals surface area contributed by atoms with Gasteiger partial charge in [0.25, 0.3) is 5.09 Å². The molecule has 0 saturated carbocycles. The fourth-order valence-corrected chi connectivity index (χ4v) is 4.21. The van der Waals surface area contributed by atoms with Gasteiger partial charge in [-0.2, -0.15) is 0 Å². The number of fused-ring (bicyclic) bond motifs is 1. The van der Waals surface area contributed by atoms with Crippen LogP contribution in [-0.2, 0) is 33.4 Å². The van der Waals surface area contributed by atoms with Crippen molar-refractivity contribution >= 4 is 17.9 Å². The molecule has 2 heterocycles. The maximum Gasteiger partial charge on any atom is 0.342 e. The molecule has 0 spiro atoms. The van der Waals surface area contributed by atoms with Gasteiger partial charge in [-0.05, 0) is 18.2 Å². The summed E-state index contributed by atoms with van der Waals surface area (Å²) in [5.74, 6) is -1.88. The predicted molar refractivity (Wildman–Crippen MR) is 124 cm³/mol. The van der Waals surface area contributed by atoms with Crippen molar-refractivity contribution in [2.24, 2.45) is 5.41 Å². The Bertz CT molecular complexity index is 1170. The van der Waals surface area contributed by atoms with Crippen LogP contribution >= 0.6 is 0 Å². The Hall–Kier alpha value is -4.03. The van der Waals surface area contributed by atoms with Crippen LogP contribution in [0.1, 0.15) is 24.2 Å². The van der Waals surface area contributed by atoms with E-state index in [1.165, 1.54) is 31.2 Å². The smallest absolute Gasteiger partial charge is 0.342 e. The molecular formula is C25H25NO11. The minimum absolute atomic E-state index is 0.0215. The molecule has 0 bridgehead atoms. The Balaban J connectivity index is 1.38. The second-order valence-electron chi connectivity index (χ2n) is 8.89. The van der Waals surface area contributed by atoms with Crippen molar-refractivity contribution in [3.8, 4) is 5.75 Å². The van der Waals surface area contributed by atoms with E-state index >= 15 is 0 Å². The van der Waals surface area contributed by atoms with Crippen molar-refractivity contribution in [2.45, 2.75) is 38.3 Å². The molecule has 0 radical (unpaired) electrons. The van der Waals surface area contributed by atoms with Crippen LogP contribution in [-0.4, -0.2) is 67.2 Å². The molecule has 12 nitrogen and oxygen atoms in total. The van der Waals surface area contributed by atoms with Crippen LogP contribution in [0.5, 0.6) is 5.75 Å². The van der Waals surface area contributed by atoms with Gasteiger partial charge in [0.2, 0.25) is 0 Å². The summed E-state index contributed by atoms with van der Waals surface area (Å²) in [5, 5.41) is 9.71. The third kappa shape index (κ3) is 6.22. The second kappa shape index (κ2) is 10.9. The second-order valence-corrected chi connectivity index (χ2v) is 8.89. The summed E-state index contributed by atoms with van der Waals surface area (Å²) in [6.45, 7) is 2.68. The highest BCUT2D eigenvalue weighted by Gasteiger charge is 2.51. The van der Waals surface area contributed by atoms with Gasteiger partial charge in [0.15, 0.2) is 12.2 Å². The number of esters is 3. The van der Waals surface area contributed by atoms with E-state index in [-0.39, 0.29) is 36.7 Å². The van der Waals surface area contributed by atoms with Crippen LogP contribution in [0.4, 0.5) is 0 Å². The third-order valence-corrected chi connectivity index (χ3v) is 5.91. The normalized spacial score (nSPS) is 28.0. The number of carbonyl (C=O) groups is 3. The largest absolute Gasteiger partial charge is 0.453 e. The third-order valence-electron chi connectivity index (χ3n) is 5.91. The first-order chi connectivity index (χ1) is 17.6. The van der Waals surface area contributed by atoms with E-state index < -0.39 is 52.8 Å². The highest BCUT2D eigenvalue weighted by molar-refractivity contribution is 5.93. The van der Waals surface area contributed by atoms with Crippen molar-refractivity contribution < 1.29 is 48.0 Å². The number of hydrogen-bond acceptors (Lipinski definition) is 11. The van der Waals surface area contributed by atoms with E-state index in [0.717, 1.165) is 0 Å². The van der Waals surface area contributed by atoms with Gasteiger partial charge in [-0.15, -0.1) is 10.1 Å². The summed E-state index contributed by atoms with van der Waals surface area (Å²) in [6.07, 6.45) is 5.17. The van der Waals surface area contributed by atoms with Crippen LogP contribution in [0, 0.1) is 15.5 Å². The standard InChI is InChI=1S/C25H25NO11/c1-15(27)35-18-9-4-3-8-17(18)24(29)37-20-13-33-21-19(12-32-22(20)21)36-23(28)16-7-5-6-10-25(2,11-16)14-34-26(30)31/h3-11,19-22H,12-14H2,1-2H3/t19?,20-,21+,22+,25?/m0/s1. The zero-order valence-electron chi connectivity index (χ0n) is 20.1. The molecule has 0 N–H and O–H groups in total. The van der Waals surface area contributed by atoms with Crippen LogP contribution in [0.2, 0.25) is 0 Å². The van der Waals surface area contributed by atoms with Crippen molar-refractivity contribution in [1.82, 2.24) is 0 Å². The summed E-state index contributed by atoms with van der Waals surface area (Å²) in [6, 6.07) is 6.19. The number of allylic oxidation sites excluding steroid dienone is 2. The van der Waals surface area contributed by atoms with Gasteiger partial charge in [-0.3, -0.25) is 4.79 Å². The zero-order chi connectivity index (χ0) is 26.6. The average molecular weight is 515 g/mol. The van der Waals surface area contributed by atoms with Gasteiger partial charge in [0.1, 0.15) is 30.1 Å². The monoisotopic (exact) mass is 515 g/mol. The van der Waals surface area contributed by atoms with E-state index in [1.54, 1.807) is 37.3 Å². The van der Waals surface area contributed by atoms with Gasteiger partial charge in [0.05, 0.1) is 18.8 Å². The van der Waals surface area contributed by atoms with E-state index in [1.807, 2.05) is 0 Å². The van der Waals surface area contributed by atoms with Gasteiger partial charge < -0.3 is 28.5 Å². The zero-order valence-corrected chi connectivity index (χ0v) is 20.1. The van der Waals surface area contributed by atoms with Crippen LogP contribution in [0.3, 0.4) is 0 Å². The molecule has 12 heteroatoms. The van der Waals surface area contributed by atoms with E-state index in [9.17, 15) is 24.5 Å². The van der Waals surface area contributed by atoms with Crippen molar-refractivity contribution in [3.63, 3.8) is 0 Å². The molecular weight excluding hydrogens is 490 g/mol. The molecule has 3 aliphatic rings. The number of benzene rings is 1. The summed E-state index contributed by atoms with van der Waals surface area (Å²) in [5.41, 5.74) is -0.650. The Morgan fingerprint density at radius 1 is 1.05 bits per heavy atom. The molecule has 2 unspecified atom stereocenters. The first kappa shape index (κ1) is 26.0. The Morgan fingerprint density at radius 2 is 1.70 bits per heavy atom. The molecule has 5 atom stereocenters. The van der Waals surface area contributed by atoms with Crippen molar-refractivity contribution in [2.75, 3.05) is 19.8 Å². The minimum atomic E-state index is -0.912. The van der Waals surface area contributed by atoms with Gasteiger partial charge in [-0.1, -0.05) is 43.4 Å². The highest BCUT2D eigenvalue weighted by atomic mass is 16.9. The Morgan fingerprint density at radius 3 is 2.35 bits per heavy atom. The lowest BCUT2D eigenvalue weighted by Gasteiger charge is -2.21. The molecule has 1 aromatic rings. The molecule has 4 rings (SSSR count). The Labute approximate surface area is 211 Å². The maximum atomic E-state index is 12.9. The molecule has 0 aromatic heterocycles. The van der Waals surface area contributed by atoms with E-state index in [4.69, 9.17) is 23.7 Å². The molecule has 2 saturated heterocycles. The number of rotatable bonds is 8. The number of carbonyl (C=O) groups excluding carboxylic acids is 3. The van der Waals surface area contributed by atoms with Gasteiger partial charge in [0, 0.05) is 12.3 Å². The number of para-hydroxylation sites is 1. The quantitative estimate of drug-likeness (QED) is 0.217. The van der Waals surface area contributed by atoms with E-state index in [2.05, 4.69) is 4.84 Å². The summed E-state index contributed by atoms with van der Waals surface area (Å²) in [4.78, 5) is 52.1. The fraction of sp³-hybridized carbons (Fsp3) is 0.400. The molecule has 1 aliphatic carbocycles. The lowest BCUT2D eigenvalue weighted by Crippen LogP contribution is -2.36. The minimum Gasteiger partial charge on any atom is -0.453 e. The maximum absolute atomic E-state index is 12.9. The first-order valence-electron chi connectivity index (χ1n) is 11.4.